The Morgan fingerprint density at radius 3 is 0.916 bits per heavy atom. The van der Waals surface area contributed by atoms with Crippen molar-refractivity contribution in [2.75, 3.05) is 0 Å². The Hall–Kier alpha value is -10.4. The third kappa shape index (κ3) is 6.41. The van der Waals surface area contributed by atoms with Crippen molar-refractivity contribution in [3.63, 3.8) is 0 Å². The van der Waals surface area contributed by atoms with Gasteiger partial charge < -0.3 is 0 Å². The summed E-state index contributed by atoms with van der Waals surface area (Å²) in [7, 11) is 0. The van der Waals surface area contributed by atoms with E-state index < -0.39 is 0 Å². The van der Waals surface area contributed by atoms with Crippen LogP contribution in [0.1, 0.15) is 175 Å². The van der Waals surface area contributed by atoms with Gasteiger partial charge in [-0.2, -0.15) is 0 Å². The van der Waals surface area contributed by atoms with E-state index in [1.165, 1.54) is 188 Å². The molecule has 0 saturated carbocycles. The maximum atomic E-state index is 2.56. The second kappa shape index (κ2) is 18.3. The minimum absolute atomic E-state index is 0.0932. The van der Waals surface area contributed by atoms with Gasteiger partial charge in [-0.05, 0) is 267 Å². The van der Waals surface area contributed by atoms with Crippen LogP contribution in [0.2, 0.25) is 0 Å². The monoisotopic (exact) mass is 1210 g/mol. The van der Waals surface area contributed by atoms with E-state index in [-0.39, 0.29) is 32.5 Å². The maximum absolute atomic E-state index is 2.56. The second-order valence-corrected chi connectivity index (χ2v) is 30.0. The third-order valence-corrected chi connectivity index (χ3v) is 26.0. The lowest BCUT2D eigenvalue weighted by Crippen LogP contribution is -2.48. The SMILES string of the molecule is CC12c3ccccc3C(C)(c3ccccc31)c1cc3c(cc12)Cc1c-3ccc2ccccc12.CC12c3ccccc3C(C)(c3ccccc31)c1cc3c(cc12)Cc1ccc2ccccc2c1-3.CC12c3ccccc3C(C)(c3ccccc31)c1cc3c(cc12)Cc1ccccc1-3. The molecule has 0 aliphatic heterocycles. The molecular weight excluding hydrogens is 1140 g/mol. The predicted molar refractivity (Wildman–Crippen MR) is 391 cm³/mol. The number of fused-ring (bicyclic) bond motifs is 13. The van der Waals surface area contributed by atoms with Crippen molar-refractivity contribution in [1.82, 2.24) is 0 Å². The molecule has 0 unspecified atom stereocenters. The van der Waals surface area contributed by atoms with Gasteiger partial charge in [-0.25, -0.2) is 0 Å². The van der Waals surface area contributed by atoms with Gasteiger partial charge in [-0.1, -0.05) is 261 Å². The molecule has 14 aromatic rings. The van der Waals surface area contributed by atoms with Crippen molar-refractivity contribution in [3.05, 3.63) is 413 Å². The maximum Gasteiger partial charge on any atom is 0.0433 e. The largest absolute Gasteiger partial charge is 0.0619 e. The zero-order valence-corrected chi connectivity index (χ0v) is 54.7. The molecule has 0 N–H and O–H groups in total. The molecule has 0 heteroatoms. The Balaban J connectivity index is 0.0000000952. The summed E-state index contributed by atoms with van der Waals surface area (Å²) < 4.78 is 0. The minimum atomic E-state index is -0.136. The summed E-state index contributed by atoms with van der Waals surface area (Å²) in [5, 5.41) is 5.45. The van der Waals surface area contributed by atoms with E-state index in [2.05, 4.69) is 321 Å². The van der Waals surface area contributed by atoms with E-state index in [0.29, 0.717) is 0 Å². The molecule has 0 fully saturated rings. The van der Waals surface area contributed by atoms with Crippen LogP contribution in [-0.2, 0) is 51.8 Å². The fraction of sp³-hybridized carbons (Fsp3) is 0.158. The van der Waals surface area contributed by atoms with E-state index in [4.69, 9.17) is 0 Å². The Morgan fingerprint density at radius 1 is 0.189 bits per heavy atom. The molecule has 0 spiro atoms. The molecule has 12 aliphatic rings. The van der Waals surface area contributed by atoms with E-state index in [9.17, 15) is 0 Å². The van der Waals surface area contributed by atoms with Crippen LogP contribution >= 0.6 is 0 Å². The van der Waals surface area contributed by atoms with Crippen molar-refractivity contribution in [1.29, 1.82) is 0 Å². The van der Waals surface area contributed by atoms with Crippen molar-refractivity contribution < 1.29 is 0 Å². The first-order valence-electron chi connectivity index (χ1n) is 34.6. The molecule has 0 atom stereocenters. The fourth-order valence-electron chi connectivity index (χ4n) is 21.4. The molecule has 26 rings (SSSR count). The molecular formula is C95H70. The Bertz CT molecular complexity index is 5670. The van der Waals surface area contributed by atoms with Gasteiger partial charge in [0.25, 0.3) is 0 Å². The molecule has 450 valence electrons. The van der Waals surface area contributed by atoms with Gasteiger partial charge in [0.1, 0.15) is 0 Å². The van der Waals surface area contributed by atoms with E-state index in [1.807, 2.05) is 0 Å². The van der Waals surface area contributed by atoms with Crippen LogP contribution in [0.3, 0.4) is 0 Å². The van der Waals surface area contributed by atoms with Crippen LogP contribution in [0.25, 0.3) is 54.9 Å². The number of hydrogen-bond donors (Lipinski definition) is 0. The molecule has 6 bridgehead atoms. The van der Waals surface area contributed by atoms with Crippen molar-refractivity contribution in [2.24, 2.45) is 0 Å². The van der Waals surface area contributed by atoms with Crippen molar-refractivity contribution in [3.8, 4) is 33.4 Å². The van der Waals surface area contributed by atoms with Gasteiger partial charge >= 0.3 is 0 Å². The van der Waals surface area contributed by atoms with Crippen LogP contribution in [0.4, 0.5) is 0 Å². The standard InChI is InChI=1S/2C33H24.C29H22/c1-32-26-11-5-7-13-28(26)33(2,29-14-8-6-12-27(29)32)31-19-24-21(18-30(31)32)17-25-22-10-4-3-9-20(22)15-16-23(24)25;1-32-25-11-5-7-13-27(25)33(2,28-14-8-6-12-26(28)32)30-19-24-22(18-29(30)32)17-21-16-15-20-9-3-4-10-23(20)31(21)24;1-28-22-11-5-7-13-24(22)29(2,25-14-8-6-12-23(25)28)27-17-21-19(16-26(27)28)15-18-9-3-4-10-20(18)21/h2*3-16,18-19H,17H2,1-2H3;3-14,16-17H,15H2,1-2H3. The highest BCUT2D eigenvalue weighted by molar-refractivity contribution is 6.02. The van der Waals surface area contributed by atoms with Gasteiger partial charge in [0.05, 0.1) is 0 Å². The predicted octanol–water partition coefficient (Wildman–Crippen LogP) is 22.1. The minimum Gasteiger partial charge on any atom is -0.0619 e. The molecule has 95 heavy (non-hydrogen) atoms. The molecule has 14 aromatic carbocycles. The summed E-state index contributed by atoms with van der Waals surface area (Å²) in [6, 6.07) is 106. The lowest BCUT2D eigenvalue weighted by atomic mass is 9.48. The van der Waals surface area contributed by atoms with Crippen molar-refractivity contribution in [2.45, 2.75) is 93.3 Å². The van der Waals surface area contributed by atoms with Crippen LogP contribution in [0.5, 0.6) is 0 Å². The van der Waals surface area contributed by atoms with Crippen molar-refractivity contribution >= 4 is 21.5 Å². The molecule has 0 nitrogen and oxygen atoms in total. The van der Waals surface area contributed by atoms with E-state index in [1.54, 1.807) is 0 Å². The van der Waals surface area contributed by atoms with Crippen LogP contribution in [0, 0.1) is 0 Å². The lowest BCUT2D eigenvalue weighted by Gasteiger charge is -2.54. The Kier molecular flexibility index (Phi) is 10.4. The zero-order chi connectivity index (χ0) is 63.3. The third-order valence-electron chi connectivity index (χ3n) is 26.0. The van der Waals surface area contributed by atoms with Crippen LogP contribution < -0.4 is 0 Å². The topological polar surface area (TPSA) is 0 Å². The number of rotatable bonds is 0. The number of hydrogen-bond acceptors (Lipinski definition) is 0. The Labute approximate surface area is 557 Å². The fourth-order valence-corrected chi connectivity index (χ4v) is 21.4. The van der Waals surface area contributed by atoms with Gasteiger partial charge in [0, 0.05) is 32.5 Å². The lowest BCUT2D eigenvalue weighted by molar-refractivity contribution is 0.511. The summed E-state index contributed by atoms with van der Waals surface area (Å²) in [5.41, 5.74) is 43.4. The summed E-state index contributed by atoms with van der Waals surface area (Å²) in [6.45, 7) is 14.7. The van der Waals surface area contributed by atoms with Gasteiger partial charge in [0.2, 0.25) is 0 Å². The molecule has 0 saturated heterocycles. The van der Waals surface area contributed by atoms with Gasteiger partial charge in [-0.15, -0.1) is 0 Å². The highest BCUT2D eigenvalue weighted by Gasteiger charge is 2.58. The van der Waals surface area contributed by atoms with Gasteiger partial charge in [0.15, 0.2) is 0 Å². The second-order valence-electron chi connectivity index (χ2n) is 30.0. The average molecular weight is 1210 g/mol. The molecule has 0 radical (unpaired) electrons. The number of benzene rings is 14. The molecule has 0 aromatic heterocycles. The highest BCUT2D eigenvalue weighted by Crippen LogP contribution is 2.67. The highest BCUT2D eigenvalue weighted by atomic mass is 14.6. The Morgan fingerprint density at radius 2 is 0.484 bits per heavy atom. The first-order chi connectivity index (χ1) is 46.4. The summed E-state index contributed by atoms with van der Waals surface area (Å²) in [4.78, 5) is 0. The summed E-state index contributed by atoms with van der Waals surface area (Å²) in [6.07, 6.45) is 3.10. The van der Waals surface area contributed by atoms with Crippen LogP contribution in [0.15, 0.2) is 279 Å². The first kappa shape index (κ1) is 54.0. The quantitative estimate of drug-likeness (QED) is 0.142. The molecule has 0 amide bonds. The van der Waals surface area contributed by atoms with Crippen LogP contribution in [-0.4, -0.2) is 0 Å². The summed E-state index contributed by atoms with van der Waals surface area (Å²) in [5.74, 6) is 0. The first-order valence-corrected chi connectivity index (χ1v) is 34.6. The van der Waals surface area contributed by atoms with E-state index in [0.717, 1.165) is 19.3 Å². The molecule has 12 aliphatic carbocycles. The normalized spacial score (nSPS) is 23.4. The van der Waals surface area contributed by atoms with Gasteiger partial charge in [-0.3, -0.25) is 0 Å². The van der Waals surface area contributed by atoms with E-state index >= 15 is 0 Å². The zero-order valence-electron chi connectivity index (χ0n) is 54.7. The molecule has 0 heterocycles. The smallest absolute Gasteiger partial charge is 0.0433 e. The average Bonchev–Trinajstić information content (AvgIpc) is 1.25. The summed E-state index contributed by atoms with van der Waals surface area (Å²) >= 11 is 0.